The molecule has 0 unspecified atom stereocenters. The lowest BCUT2D eigenvalue weighted by molar-refractivity contribution is -0.00967. The Morgan fingerprint density at radius 2 is 2.12 bits per heavy atom. The zero-order chi connectivity index (χ0) is 11.2. The van der Waals surface area contributed by atoms with Gasteiger partial charge in [-0.1, -0.05) is 11.6 Å². The normalized spacial score (nSPS) is 18.6. The van der Waals surface area contributed by atoms with Crippen LogP contribution < -0.4 is 5.32 Å². The number of hydrogen-bond acceptors (Lipinski definition) is 2. The van der Waals surface area contributed by atoms with Crippen molar-refractivity contribution in [3.63, 3.8) is 0 Å². The molecule has 3 N–H and O–H groups in total. The van der Waals surface area contributed by atoms with Gasteiger partial charge in [-0.25, -0.2) is 0 Å². The van der Waals surface area contributed by atoms with Gasteiger partial charge in [0.05, 0.1) is 5.60 Å². The average Bonchev–Trinajstić information content (AvgIpc) is 2.56. The second-order valence-electron chi connectivity index (χ2n) is 4.53. The zero-order valence-corrected chi connectivity index (χ0v) is 9.51. The van der Waals surface area contributed by atoms with E-state index in [1.807, 2.05) is 18.2 Å². The number of β-amino-alcohol motifs (C(OH)–C–C–N with tert-alkyl or cyclic N) is 1. The largest absolute Gasteiger partial charge is 0.387 e. The summed E-state index contributed by atoms with van der Waals surface area (Å²) in [4.78, 5) is 3.30. The molecule has 16 heavy (non-hydrogen) atoms. The maximum atomic E-state index is 10.0. The molecule has 1 aromatic heterocycles. The van der Waals surface area contributed by atoms with Gasteiger partial charge in [-0.15, -0.1) is 0 Å². The van der Waals surface area contributed by atoms with Crippen LogP contribution in [0.5, 0.6) is 0 Å². The molecule has 0 spiro atoms. The smallest absolute Gasteiger partial charge is 0.0949 e. The summed E-state index contributed by atoms with van der Waals surface area (Å²) in [6.07, 6.45) is 0.659. The molecule has 2 aromatic rings. The lowest BCUT2D eigenvalue weighted by Gasteiger charge is -2.37. The van der Waals surface area contributed by atoms with Crippen molar-refractivity contribution in [2.75, 3.05) is 13.1 Å². The lowest BCUT2D eigenvalue weighted by Crippen LogP contribution is -2.60. The first-order valence-electron chi connectivity index (χ1n) is 5.35. The number of aromatic nitrogens is 1. The molecule has 1 saturated heterocycles. The standard InChI is InChI=1S/C12H13ClN2O/c13-9-1-2-11-8(3-9)4-10(15-11)5-12(16)6-14-7-12/h1-4,14-16H,5-7H2. The predicted octanol–water partition coefficient (Wildman–Crippen LogP) is 1.70. The third-order valence-electron chi connectivity index (χ3n) is 3.07. The Morgan fingerprint density at radius 1 is 1.31 bits per heavy atom. The Balaban J connectivity index is 1.93. The topological polar surface area (TPSA) is 48.0 Å². The van der Waals surface area contributed by atoms with Crippen molar-refractivity contribution in [2.45, 2.75) is 12.0 Å². The van der Waals surface area contributed by atoms with Gasteiger partial charge in [-0.05, 0) is 24.3 Å². The Hall–Kier alpha value is -1.03. The van der Waals surface area contributed by atoms with E-state index in [4.69, 9.17) is 11.6 Å². The first kappa shape index (κ1) is 10.1. The van der Waals surface area contributed by atoms with E-state index < -0.39 is 5.60 Å². The summed E-state index contributed by atoms with van der Waals surface area (Å²) in [5.41, 5.74) is 1.54. The van der Waals surface area contributed by atoms with E-state index in [-0.39, 0.29) is 0 Å². The van der Waals surface area contributed by atoms with Crippen LogP contribution in [0.2, 0.25) is 5.02 Å². The lowest BCUT2D eigenvalue weighted by atomic mass is 9.91. The third-order valence-corrected chi connectivity index (χ3v) is 3.30. The fourth-order valence-corrected chi connectivity index (χ4v) is 2.33. The highest BCUT2D eigenvalue weighted by Gasteiger charge is 2.34. The fraction of sp³-hybridized carbons (Fsp3) is 0.333. The van der Waals surface area contributed by atoms with Crippen LogP contribution in [0.25, 0.3) is 10.9 Å². The number of nitrogens with one attached hydrogen (secondary N) is 2. The first-order valence-corrected chi connectivity index (χ1v) is 5.73. The number of benzene rings is 1. The SMILES string of the molecule is OC1(Cc2cc3cc(Cl)ccc3[nH]2)CNC1. The van der Waals surface area contributed by atoms with Crippen molar-refractivity contribution in [3.05, 3.63) is 35.0 Å². The molecular formula is C12H13ClN2O. The number of H-pyrrole nitrogens is 1. The Morgan fingerprint density at radius 3 is 2.81 bits per heavy atom. The van der Waals surface area contributed by atoms with Crippen molar-refractivity contribution in [3.8, 4) is 0 Å². The zero-order valence-electron chi connectivity index (χ0n) is 8.76. The van der Waals surface area contributed by atoms with Crippen LogP contribution in [-0.4, -0.2) is 28.8 Å². The van der Waals surface area contributed by atoms with Gasteiger partial charge in [0.25, 0.3) is 0 Å². The molecule has 0 bridgehead atoms. The fourth-order valence-electron chi connectivity index (χ4n) is 2.15. The minimum absolute atomic E-state index is 0.579. The number of aromatic amines is 1. The minimum atomic E-state index is -0.579. The molecule has 3 rings (SSSR count). The highest BCUT2D eigenvalue weighted by molar-refractivity contribution is 6.31. The molecule has 4 heteroatoms. The van der Waals surface area contributed by atoms with Crippen LogP contribution in [0.15, 0.2) is 24.3 Å². The molecule has 84 valence electrons. The minimum Gasteiger partial charge on any atom is -0.387 e. The Kier molecular flexibility index (Phi) is 2.21. The van der Waals surface area contributed by atoms with Crippen LogP contribution in [0.1, 0.15) is 5.69 Å². The molecule has 1 aromatic carbocycles. The van der Waals surface area contributed by atoms with Crippen LogP contribution in [0.3, 0.4) is 0 Å². The maximum Gasteiger partial charge on any atom is 0.0949 e. The van der Waals surface area contributed by atoms with Gasteiger partial charge >= 0.3 is 0 Å². The van der Waals surface area contributed by atoms with Gasteiger partial charge in [0.2, 0.25) is 0 Å². The molecule has 0 saturated carbocycles. The van der Waals surface area contributed by atoms with E-state index in [1.165, 1.54) is 0 Å². The van der Waals surface area contributed by atoms with Gasteiger partial charge in [-0.2, -0.15) is 0 Å². The first-order chi connectivity index (χ1) is 7.65. The number of aliphatic hydroxyl groups is 1. The monoisotopic (exact) mass is 236 g/mol. The molecule has 1 aliphatic rings. The molecule has 1 fully saturated rings. The van der Waals surface area contributed by atoms with E-state index >= 15 is 0 Å². The number of rotatable bonds is 2. The van der Waals surface area contributed by atoms with Crippen LogP contribution >= 0.6 is 11.6 Å². The second-order valence-corrected chi connectivity index (χ2v) is 4.97. The quantitative estimate of drug-likeness (QED) is 0.743. The maximum absolute atomic E-state index is 10.0. The van der Waals surface area contributed by atoms with Crippen molar-refractivity contribution in [1.29, 1.82) is 0 Å². The number of hydrogen-bond donors (Lipinski definition) is 3. The van der Waals surface area contributed by atoms with Crippen LogP contribution in [0, 0.1) is 0 Å². The van der Waals surface area contributed by atoms with Crippen molar-refractivity contribution < 1.29 is 5.11 Å². The molecular weight excluding hydrogens is 224 g/mol. The molecule has 0 radical (unpaired) electrons. The van der Waals surface area contributed by atoms with Crippen LogP contribution in [0.4, 0.5) is 0 Å². The van der Waals surface area contributed by atoms with Crippen molar-refractivity contribution >= 4 is 22.5 Å². The Labute approximate surface area is 98.4 Å². The van der Waals surface area contributed by atoms with Gasteiger partial charge in [-0.3, -0.25) is 0 Å². The summed E-state index contributed by atoms with van der Waals surface area (Å²) in [6.45, 7) is 1.34. The molecule has 0 atom stereocenters. The van der Waals surface area contributed by atoms with Crippen molar-refractivity contribution in [1.82, 2.24) is 10.3 Å². The average molecular weight is 237 g/mol. The summed E-state index contributed by atoms with van der Waals surface area (Å²) < 4.78 is 0. The van der Waals surface area contributed by atoms with E-state index in [0.717, 1.165) is 21.6 Å². The molecule has 3 nitrogen and oxygen atoms in total. The Bertz CT molecular complexity index is 531. The highest BCUT2D eigenvalue weighted by atomic mass is 35.5. The number of halogens is 1. The van der Waals surface area contributed by atoms with Gasteiger partial charge in [0, 0.05) is 41.1 Å². The van der Waals surface area contributed by atoms with Gasteiger partial charge in [0.1, 0.15) is 0 Å². The van der Waals surface area contributed by atoms with E-state index in [0.29, 0.717) is 19.5 Å². The summed E-state index contributed by atoms with van der Waals surface area (Å²) in [6, 6.07) is 7.81. The molecule has 2 heterocycles. The second kappa shape index (κ2) is 3.48. The molecule has 0 aliphatic carbocycles. The highest BCUT2D eigenvalue weighted by Crippen LogP contribution is 2.23. The van der Waals surface area contributed by atoms with E-state index in [2.05, 4.69) is 16.4 Å². The van der Waals surface area contributed by atoms with Crippen molar-refractivity contribution in [2.24, 2.45) is 0 Å². The summed E-state index contributed by atoms with van der Waals surface area (Å²) in [5, 5.41) is 14.9. The van der Waals surface area contributed by atoms with Crippen LogP contribution in [-0.2, 0) is 6.42 Å². The van der Waals surface area contributed by atoms with E-state index in [1.54, 1.807) is 0 Å². The summed E-state index contributed by atoms with van der Waals surface area (Å²) >= 11 is 5.93. The summed E-state index contributed by atoms with van der Waals surface area (Å²) in [7, 11) is 0. The summed E-state index contributed by atoms with van der Waals surface area (Å²) in [5.74, 6) is 0. The molecule has 1 aliphatic heterocycles. The predicted molar refractivity (Wildman–Crippen MR) is 64.8 cm³/mol. The van der Waals surface area contributed by atoms with Gasteiger partial charge in [0.15, 0.2) is 0 Å². The van der Waals surface area contributed by atoms with Gasteiger partial charge < -0.3 is 15.4 Å². The third kappa shape index (κ3) is 1.71. The number of fused-ring (bicyclic) bond motifs is 1. The molecule has 0 amide bonds. The van der Waals surface area contributed by atoms with E-state index in [9.17, 15) is 5.11 Å².